The van der Waals surface area contributed by atoms with E-state index >= 15 is 0 Å². The molecule has 11 heteroatoms. The van der Waals surface area contributed by atoms with E-state index in [0.717, 1.165) is 0 Å². The highest BCUT2D eigenvalue weighted by Gasteiger charge is 2.43. The zero-order valence-corrected chi connectivity index (χ0v) is 20.6. The van der Waals surface area contributed by atoms with Crippen LogP contribution in [0.3, 0.4) is 0 Å². The summed E-state index contributed by atoms with van der Waals surface area (Å²) in [5, 5.41) is 12.8. The Morgan fingerprint density at radius 1 is 1.08 bits per heavy atom. The van der Waals surface area contributed by atoms with Gasteiger partial charge >= 0.3 is 6.18 Å². The van der Waals surface area contributed by atoms with E-state index in [4.69, 9.17) is 0 Å². The Morgan fingerprint density at radius 3 is 2.35 bits per heavy atom. The molecule has 2 aromatic rings. The van der Waals surface area contributed by atoms with Crippen LogP contribution in [0.25, 0.3) is 0 Å². The number of hydrogen-bond acceptors (Lipinski definition) is 4. The van der Waals surface area contributed by atoms with Gasteiger partial charge in [0.1, 0.15) is 17.7 Å². The Kier molecular flexibility index (Phi) is 7.29. The van der Waals surface area contributed by atoms with Crippen molar-refractivity contribution in [3.8, 4) is 0 Å². The van der Waals surface area contributed by atoms with E-state index in [1.807, 2.05) is 0 Å². The Labute approximate surface area is 210 Å². The fourth-order valence-corrected chi connectivity index (χ4v) is 4.96. The first kappa shape index (κ1) is 27.0. The molecule has 2 amide bonds. The minimum atomic E-state index is -5.06. The van der Waals surface area contributed by atoms with Crippen LogP contribution in [0.4, 0.5) is 22.0 Å². The quantitative estimate of drug-likeness (QED) is 0.520. The molecule has 4 atom stereocenters. The summed E-state index contributed by atoms with van der Waals surface area (Å²) in [6, 6.07) is -0.134. The van der Waals surface area contributed by atoms with Crippen molar-refractivity contribution in [3.63, 3.8) is 0 Å². The molecule has 1 saturated heterocycles. The van der Waals surface area contributed by atoms with Crippen LogP contribution in [0.5, 0.6) is 0 Å². The van der Waals surface area contributed by atoms with E-state index in [-0.39, 0.29) is 29.2 Å². The summed E-state index contributed by atoms with van der Waals surface area (Å²) in [5.74, 6) is -4.21. The van der Waals surface area contributed by atoms with Crippen LogP contribution in [-0.4, -0.2) is 38.9 Å². The van der Waals surface area contributed by atoms with Gasteiger partial charge in [-0.2, -0.15) is 13.2 Å². The number of nitrogens with one attached hydrogen (secondary N) is 1. The number of alkyl halides is 3. The predicted molar refractivity (Wildman–Crippen MR) is 123 cm³/mol. The molecule has 0 radical (unpaired) electrons. The fourth-order valence-electron chi connectivity index (χ4n) is 4.96. The number of nitrogens with zero attached hydrogens (tertiary/aromatic N) is 2. The molecule has 0 bridgehead atoms. The molecule has 0 spiro atoms. The molecule has 6 nitrogen and oxygen atoms in total. The van der Waals surface area contributed by atoms with Crippen molar-refractivity contribution in [3.05, 3.63) is 64.0 Å². The SMILES string of the molecule is Cc1cc(C(=O)N2[C@H](C)CC[C@@H]2C(=O)N[C@@H](c2cc(F)c(C(F)(F)F)cc2F)C2CC2)c(C(C)O)cn1. The van der Waals surface area contributed by atoms with Crippen LogP contribution in [0.1, 0.15) is 84.4 Å². The molecule has 1 aromatic heterocycles. The number of benzene rings is 1. The maximum atomic E-state index is 14.8. The Balaban J connectivity index is 1.62. The fraction of sp³-hybridized carbons (Fsp3) is 0.500. The highest BCUT2D eigenvalue weighted by molar-refractivity contribution is 5.99. The summed E-state index contributed by atoms with van der Waals surface area (Å²) >= 11 is 0. The number of aryl methyl sites for hydroxylation is 1. The van der Waals surface area contributed by atoms with E-state index < -0.39 is 53.4 Å². The van der Waals surface area contributed by atoms with Crippen molar-refractivity contribution in [1.29, 1.82) is 0 Å². The summed E-state index contributed by atoms with van der Waals surface area (Å²) in [6.07, 6.45) is -2.62. The van der Waals surface area contributed by atoms with Gasteiger partial charge in [0.2, 0.25) is 5.91 Å². The number of halogens is 5. The lowest BCUT2D eigenvalue weighted by Crippen LogP contribution is -2.49. The molecule has 1 aliphatic heterocycles. The number of amides is 2. The third-order valence-electron chi connectivity index (χ3n) is 7.08. The molecule has 1 aliphatic carbocycles. The van der Waals surface area contributed by atoms with Gasteiger partial charge in [0, 0.05) is 34.6 Å². The average Bonchev–Trinajstić information content (AvgIpc) is 3.58. The molecular weight excluding hydrogens is 497 g/mol. The smallest absolute Gasteiger partial charge is 0.389 e. The lowest BCUT2D eigenvalue weighted by molar-refractivity contribution is -0.140. The van der Waals surface area contributed by atoms with Gasteiger partial charge in [-0.15, -0.1) is 0 Å². The van der Waals surface area contributed by atoms with E-state index in [1.54, 1.807) is 13.8 Å². The number of rotatable bonds is 6. The van der Waals surface area contributed by atoms with Crippen LogP contribution in [0.15, 0.2) is 24.4 Å². The van der Waals surface area contributed by atoms with Gasteiger partial charge in [0.25, 0.3) is 5.91 Å². The minimum absolute atomic E-state index is 0.114. The molecule has 1 saturated carbocycles. The second-order valence-corrected chi connectivity index (χ2v) is 9.92. The van der Waals surface area contributed by atoms with Gasteiger partial charge < -0.3 is 15.3 Å². The molecule has 200 valence electrons. The molecule has 2 heterocycles. The topological polar surface area (TPSA) is 82.5 Å². The molecule has 37 heavy (non-hydrogen) atoms. The minimum Gasteiger partial charge on any atom is -0.389 e. The van der Waals surface area contributed by atoms with Crippen molar-refractivity contribution in [2.75, 3.05) is 0 Å². The second kappa shape index (κ2) is 10.00. The highest BCUT2D eigenvalue weighted by atomic mass is 19.4. The number of aliphatic hydroxyl groups is 1. The Bertz CT molecular complexity index is 1210. The van der Waals surface area contributed by atoms with E-state index in [0.29, 0.717) is 43.0 Å². The number of likely N-dealkylation sites (tertiary alicyclic amines) is 1. The van der Waals surface area contributed by atoms with Crippen molar-refractivity contribution in [2.24, 2.45) is 5.92 Å². The number of carbonyl (C=O) groups excluding carboxylic acids is 2. The van der Waals surface area contributed by atoms with Gasteiger partial charge in [-0.05, 0) is 70.6 Å². The number of carbonyl (C=O) groups is 2. The van der Waals surface area contributed by atoms with Crippen molar-refractivity contribution < 1.29 is 36.6 Å². The normalized spacial score (nSPS) is 21.6. The van der Waals surface area contributed by atoms with Crippen LogP contribution < -0.4 is 5.32 Å². The van der Waals surface area contributed by atoms with Gasteiger partial charge in [-0.25, -0.2) is 8.78 Å². The lowest BCUT2D eigenvalue weighted by Gasteiger charge is -2.30. The highest BCUT2D eigenvalue weighted by Crippen LogP contribution is 2.43. The Morgan fingerprint density at radius 2 is 1.76 bits per heavy atom. The molecule has 2 fully saturated rings. The standard InChI is InChI=1S/C26H28F5N3O3/c1-12-8-16(18(11-32-12)14(3)35)25(37)34-13(2)4-7-22(34)24(36)33-23(15-5-6-15)17-9-21(28)19(10-20(17)27)26(29,30)31/h8-11,13-15,22-23,35H,4-7H2,1-3H3,(H,33,36)/t13-,14?,22-,23-/m1/s1. The van der Waals surface area contributed by atoms with Crippen molar-refractivity contribution in [1.82, 2.24) is 15.2 Å². The predicted octanol–water partition coefficient (Wildman–Crippen LogP) is 5.00. The first-order valence-corrected chi connectivity index (χ1v) is 12.1. The van der Waals surface area contributed by atoms with E-state index in [2.05, 4.69) is 10.3 Å². The summed E-state index contributed by atoms with van der Waals surface area (Å²) in [6.45, 7) is 4.97. The maximum Gasteiger partial charge on any atom is 0.419 e. The zero-order valence-electron chi connectivity index (χ0n) is 20.6. The lowest BCUT2D eigenvalue weighted by atomic mass is 9.98. The van der Waals surface area contributed by atoms with E-state index in [9.17, 15) is 36.6 Å². The Hall–Kier alpha value is -3.08. The molecule has 2 aliphatic rings. The average molecular weight is 526 g/mol. The summed E-state index contributed by atoms with van der Waals surface area (Å²) in [5.41, 5.74) is -0.992. The van der Waals surface area contributed by atoms with Gasteiger partial charge in [-0.3, -0.25) is 14.6 Å². The molecule has 1 aromatic carbocycles. The monoisotopic (exact) mass is 525 g/mol. The van der Waals surface area contributed by atoms with Crippen LogP contribution in [-0.2, 0) is 11.0 Å². The first-order chi connectivity index (χ1) is 17.3. The zero-order chi connectivity index (χ0) is 27.2. The third-order valence-corrected chi connectivity index (χ3v) is 7.08. The molecule has 2 N–H and O–H groups in total. The van der Waals surface area contributed by atoms with Gasteiger partial charge in [-0.1, -0.05) is 0 Å². The third kappa shape index (κ3) is 5.46. The molecule has 4 rings (SSSR count). The molecule has 1 unspecified atom stereocenters. The van der Waals surface area contributed by atoms with Crippen molar-refractivity contribution >= 4 is 11.8 Å². The molecular formula is C26H28F5N3O3. The summed E-state index contributed by atoms with van der Waals surface area (Å²) in [4.78, 5) is 32.5. The van der Waals surface area contributed by atoms with Crippen LogP contribution in [0.2, 0.25) is 0 Å². The van der Waals surface area contributed by atoms with Gasteiger partial charge in [0.05, 0.1) is 17.7 Å². The largest absolute Gasteiger partial charge is 0.419 e. The van der Waals surface area contributed by atoms with Gasteiger partial charge in [0.15, 0.2) is 0 Å². The van der Waals surface area contributed by atoms with E-state index in [1.165, 1.54) is 24.1 Å². The summed E-state index contributed by atoms with van der Waals surface area (Å²) in [7, 11) is 0. The number of aromatic nitrogens is 1. The maximum absolute atomic E-state index is 14.8. The summed E-state index contributed by atoms with van der Waals surface area (Å²) < 4.78 is 68.1. The first-order valence-electron chi connectivity index (χ1n) is 12.1. The van der Waals surface area contributed by atoms with Crippen LogP contribution >= 0.6 is 0 Å². The number of aliphatic hydroxyl groups excluding tert-OH is 1. The number of pyridine rings is 1. The van der Waals surface area contributed by atoms with Crippen molar-refractivity contribution in [2.45, 2.75) is 76.9 Å². The van der Waals surface area contributed by atoms with Crippen LogP contribution in [0, 0.1) is 24.5 Å². The second-order valence-electron chi connectivity index (χ2n) is 9.92. The number of hydrogen-bond donors (Lipinski definition) is 2.